The van der Waals surface area contributed by atoms with Crippen LogP contribution in [0.5, 0.6) is 0 Å². The quantitative estimate of drug-likeness (QED) is 0.871. The summed E-state index contributed by atoms with van der Waals surface area (Å²) in [5.41, 5.74) is 1.63. The maximum absolute atomic E-state index is 13.2. The molecule has 1 aromatic carbocycles. The molecule has 1 unspecified atom stereocenters. The van der Waals surface area contributed by atoms with Crippen molar-refractivity contribution in [3.05, 3.63) is 35.8 Å². The van der Waals surface area contributed by atoms with Gasteiger partial charge in [-0.3, -0.25) is 4.99 Å². The molecule has 4 nitrogen and oxygen atoms in total. The highest BCUT2D eigenvalue weighted by molar-refractivity contribution is 5.83. The molecule has 0 saturated carbocycles. The van der Waals surface area contributed by atoms with E-state index in [-0.39, 0.29) is 5.82 Å². The van der Waals surface area contributed by atoms with E-state index in [1.165, 1.54) is 12.1 Å². The largest absolute Gasteiger partial charge is 0.464 e. The van der Waals surface area contributed by atoms with Gasteiger partial charge in [-0.25, -0.2) is 4.39 Å². The number of halogens is 1. The van der Waals surface area contributed by atoms with Crippen LogP contribution in [0.4, 0.5) is 4.39 Å². The lowest BCUT2D eigenvalue weighted by atomic mass is 10.1. The van der Waals surface area contributed by atoms with Gasteiger partial charge in [-0.2, -0.15) is 0 Å². The average molecular weight is 261 g/mol. The zero-order chi connectivity index (χ0) is 13.2. The number of fused-ring (bicyclic) bond motifs is 1. The van der Waals surface area contributed by atoms with Crippen LogP contribution in [-0.4, -0.2) is 19.0 Å². The molecule has 19 heavy (non-hydrogen) atoms. The van der Waals surface area contributed by atoms with Gasteiger partial charge in [-0.15, -0.1) is 0 Å². The molecule has 2 aromatic rings. The van der Waals surface area contributed by atoms with Gasteiger partial charge in [0, 0.05) is 30.6 Å². The number of aliphatic imine (C=N–C) groups is 1. The summed E-state index contributed by atoms with van der Waals surface area (Å²) in [6.45, 7) is 4.47. The zero-order valence-electron chi connectivity index (χ0n) is 10.7. The summed E-state index contributed by atoms with van der Waals surface area (Å²) >= 11 is 0. The van der Waals surface area contributed by atoms with E-state index in [0.717, 1.165) is 30.0 Å². The normalized spacial score (nSPS) is 19.1. The van der Waals surface area contributed by atoms with Gasteiger partial charge >= 0.3 is 0 Å². The van der Waals surface area contributed by atoms with Gasteiger partial charge < -0.3 is 15.1 Å². The van der Waals surface area contributed by atoms with Crippen LogP contribution in [0.15, 0.2) is 33.9 Å². The van der Waals surface area contributed by atoms with Crippen LogP contribution in [0.3, 0.4) is 0 Å². The van der Waals surface area contributed by atoms with Crippen molar-refractivity contribution in [2.45, 2.75) is 13.5 Å². The fraction of sp³-hybridized carbons (Fsp3) is 0.357. The number of hydrogen-bond donors (Lipinski definition) is 2. The Balaban J connectivity index is 1.73. The van der Waals surface area contributed by atoms with Crippen molar-refractivity contribution in [1.29, 1.82) is 0 Å². The Morgan fingerprint density at radius 1 is 1.53 bits per heavy atom. The Morgan fingerprint density at radius 2 is 2.42 bits per heavy atom. The van der Waals surface area contributed by atoms with E-state index in [9.17, 15) is 4.39 Å². The summed E-state index contributed by atoms with van der Waals surface area (Å²) < 4.78 is 18.6. The first-order valence-corrected chi connectivity index (χ1v) is 6.40. The van der Waals surface area contributed by atoms with Crippen molar-refractivity contribution in [2.24, 2.45) is 10.9 Å². The summed E-state index contributed by atoms with van der Waals surface area (Å²) in [4.78, 5) is 4.40. The van der Waals surface area contributed by atoms with Gasteiger partial charge in [0.25, 0.3) is 0 Å². The van der Waals surface area contributed by atoms with E-state index >= 15 is 0 Å². The lowest BCUT2D eigenvalue weighted by molar-refractivity contribution is 0.541. The predicted octanol–water partition coefficient (Wildman–Crippen LogP) is 2.26. The van der Waals surface area contributed by atoms with Gasteiger partial charge in [0.1, 0.15) is 11.4 Å². The molecule has 0 saturated heterocycles. The first-order valence-electron chi connectivity index (χ1n) is 6.40. The van der Waals surface area contributed by atoms with Crippen LogP contribution in [-0.2, 0) is 6.54 Å². The molecule has 1 aliphatic rings. The van der Waals surface area contributed by atoms with Gasteiger partial charge in [0.2, 0.25) is 0 Å². The summed E-state index contributed by atoms with van der Waals surface area (Å²) in [7, 11) is 0. The Bertz CT molecular complexity index is 620. The van der Waals surface area contributed by atoms with E-state index in [2.05, 4.69) is 22.5 Å². The molecule has 2 heterocycles. The maximum Gasteiger partial charge on any atom is 0.191 e. The van der Waals surface area contributed by atoms with Crippen LogP contribution < -0.4 is 10.6 Å². The Labute approximate surface area is 110 Å². The third-order valence-corrected chi connectivity index (χ3v) is 3.24. The Hall–Kier alpha value is -2.04. The molecule has 3 rings (SSSR count). The second-order valence-electron chi connectivity index (χ2n) is 4.93. The second kappa shape index (κ2) is 4.91. The molecule has 5 heteroatoms. The van der Waals surface area contributed by atoms with Gasteiger partial charge in [0.15, 0.2) is 5.96 Å². The fourth-order valence-electron chi connectivity index (χ4n) is 2.13. The topological polar surface area (TPSA) is 49.6 Å². The third kappa shape index (κ3) is 2.54. The molecule has 1 aliphatic heterocycles. The highest BCUT2D eigenvalue weighted by Crippen LogP contribution is 2.21. The zero-order valence-corrected chi connectivity index (χ0v) is 10.7. The van der Waals surface area contributed by atoms with E-state index in [1.807, 2.05) is 0 Å². The summed E-state index contributed by atoms with van der Waals surface area (Å²) in [6, 6.07) is 4.54. The number of rotatable bonds is 2. The maximum atomic E-state index is 13.2. The van der Waals surface area contributed by atoms with E-state index < -0.39 is 0 Å². The lowest BCUT2D eigenvalue weighted by Crippen LogP contribution is -2.43. The van der Waals surface area contributed by atoms with Gasteiger partial charge in [-0.1, -0.05) is 6.92 Å². The number of nitrogens with zero attached hydrogens (tertiary/aromatic N) is 1. The van der Waals surface area contributed by atoms with Gasteiger partial charge in [-0.05, 0) is 24.1 Å². The summed E-state index contributed by atoms with van der Waals surface area (Å²) in [6.07, 6.45) is 1.66. The third-order valence-electron chi connectivity index (χ3n) is 3.24. The van der Waals surface area contributed by atoms with Crippen molar-refractivity contribution < 1.29 is 8.81 Å². The van der Waals surface area contributed by atoms with Crippen LogP contribution in [0.1, 0.15) is 12.5 Å². The Kier molecular flexibility index (Phi) is 3.11. The number of benzene rings is 1. The molecular weight excluding hydrogens is 245 g/mol. The lowest BCUT2D eigenvalue weighted by Gasteiger charge is -2.20. The molecule has 0 aliphatic carbocycles. The van der Waals surface area contributed by atoms with Crippen molar-refractivity contribution in [3.8, 4) is 0 Å². The second-order valence-corrected chi connectivity index (χ2v) is 4.93. The number of furan rings is 1. The van der Waals surface area contributed by atoms with Crippen molar-refractivity contribution in [1.82, 2.24) is 10.6 Å². The molecular formula is C14H16FN3O. The minimum absolute atomic E-state index is 0.253. The van der Waals surface area contributed by atoms with Crippen molar-refractivity contribution in [2.75, 3.05) is 13.1 Å². The highest BCUT2D eigenvalue weighted by atomic mass is 19.1. The number of nitrogens with one attached hydrogen (secondary N) is 2. The Morgan fingerprint density at radius 3 is 3.21 bits per heavy atom. The highest BCUT2D eigenvalue weighted by Gasteiger charge is 2.11. The van der Waals surface area contributed by atoms with Gasteiger partial charge in [0.05, 0.1) is 6.26 Å². The van der Waals surface area contributed by atoms with Crippen LogP contribution in [0, 0.1) is 11.7 Å². The minimum atomic E-state index is -0.253. The SMILES string of the molecule is CC1CN=C(NCc2coc3ccc(F)cc23)NC1. The molecule has 1 atom stereocenters. The first-order chi connectivity index (χ1) is 9.22. The molecule has 0 fully saturated rings. The molecule has 0 spiro atoms. The number of guanidine groups is 1. The standard InChI is InChI=1S/C14H16FN3O/c1-9-5-16-14(17-6-9)18-7-10-8-19-13-3-2-11(15)4-12(10)13/h2-4,8-9H,5-7H2,1H3,(H2,16,17,18). The van der Waals surface area contributed by atoms with E-state index in [1.54, 1.807) is 12.3 Å². The molecule has 0 radical (unpaired) electrons. The van der Waals surface area contributed by atoms with E-state index in [4.69, 9.17) is 4.42 Å². The molecule has 2 N–H and O–H groups in total. The molecule has 0 bridgehead atoms. The average Bonchev–Trinajstić information content (AvgIpc) is 2.80. The summed E-state index contributed by atoms with van der Waals surface area (Å²) in [5, 5.41) is 7.24. The molecule has 0 amide bonds. The minimum Gasteiger partial charge on any atom is -0.464 e. The molecule has 100 valence electrons. The van der Waals surface area contributed by atoms with Crippen molar-refractivity contribution >= 4 is 16.9 Å². The predicted molar refractivity (Wildman–Crippen MR) is 72.5 cm³/mol. The number of hydrogen-bond acceptors (Lipinski definition) is 4. The fourth-order valence-corrected chi connectivity index (χ4v) is 2.13. The summed E-state index contributed by atoms with van der Waals surface area (Å²) in [5.74, 6) is 1.11. The van der Waals surface area contributed by atoms with Crippen molar-refractivity contribution in [3.63, 3.8) is 0 Å². The van der Waals surface area contributed by atoms with Crippen LogP contribution >= 0.6 is 0 Å². The van der Waals surface area contributed by atoms with Crippen LogP contribution in [0.2, 0.25) is 0 Å². The first kappa shape index (κ1) is 12.0. The van der Waals surface area contributed by atoms with Crippen LogP contribution in [0.25, 0.3) is 11.0 Å². The molecule has 1 aromatic heterocycles. The van der Waals surface area contributed by atoms with E-state index in [0.29, 0.717) is 18.0 Å². The smallest absolute Gasteiger partial charge is 0.191 e. The monoisotopic (exact) mass is 261 g/mol.